The third-order valence-electron chi connectivity index (χ3n) is 12.4. The van der Waals surface area contributed by atoms with Gasteiger partial charge in [-0.3, -0.25) is 24.7 Å². The Morgan fingerprint density at radius 1 is 1.00 bits per heavy atom. The number of allylic oxidation sites excluding steroid dienone is 1. The van der Waals surface area contributed by atoms with E-state index in [4.69, 9.17) is 25.8 Å². The van der Waals surface area contributed by atoms with Gasteiger partial charge >= 0.3 is 12.3 Å². The highest BCUT2D eigenvalue weighted by molar-refractivity contribution is 7.90. The molecule has 0 spiro atoms. The number of nitrogens with zero attached hydrogens (tertiary/aromatic N) is 5. The number of sulfonamides is 1. The van der Waals surface area contributed by atoms with Crippen molar-refractivity contribution in [2.45, 2.75) is 95.9 Å². The SMILES string of the molecule is CC1(C)CCC(CN2CCN(c3ccc(C(=O)NS(=O)(=O)c4ccc(NCC5CCCCO5)c([N+](=O)[O-])c4)c(Oc4ccc(N(CC(F)(F)F)C(=O)OC(C)(C)C)nc4)c3)CC2)=C(c2ccc(Cl)cc2)C1. The Morgan fingerprint density at radius 2 is 1.73 bits per heavy atom. The standard InChI is InChI=1S/C50H59ClF3N7O9S/c1-48(2,3)70-47(63)60(32-50(52,53)54)45-18-14-38(30-56-45)69-44-26-36(59-23-21-58(22-24-59)31-34-19-20-49(4,5)28-41(34)33-9-11-35(51)12-10-33)13-16-40(44)46(62)57-71(66,67)39-15-17-42(43(27-39)61(64)65)55-29-37-8-6-7-25-68-37/h9-18,26-27,30,37,55H,6-8,19-25,28-29,31-32H2,1-5H3,(H,57,62). The number of anilines is 3. The lowest BCUT2D eigenvalue weighted by Crippen LogP contribution is -2.47. The molecule has 382 valence electrons. The number of nitro groups is 1. The number of halogens is 4. The molecule has 21 heteroatoms. The quantitative estimate of drug-likeness (QED) is 0.0847. The highest BCUT2D eigenvalue weighted by Crippen LogP contribution is 2.44. The van der Waals surface area contributed by atoms with Gasteiger partial charge in [-0.1, -0.05) is 43.2 Å². The zero-order valence-corrected chi connectivity index (χ0v) is 41.9. The van der Waals surface area contributed by atoms with Crippen molar-refractivity contribution in [1.29, 1.82) is 0 Å². The minimum atomic E-state index is -4.80. The van der Waals surface area contributed by atoms with Gasteiger partial charge in [0, 0.05) is 68.7 Å². The molecule has 0 saturated carbocycles. The summed E-state index contributed by atoms with van der Waals surface area (Å²) in [5.74, 6) is -1.74. The van der Waals surface area contributed by atoms with Gasteiger partial charge in [-0.15, -0.1) is 0 Å². The monoisotopic (exact) mass is 1030 g/mol. The number of alkyl halides is 3. The summed E-state index contributed by atoms with van der Waals surface area (Å²) in [7, 11) is -4.73. The average Bonchev–Trinajstić information content (AvgIpc) is 3.30. The molecular formula is C50H59ClF3N7O9S. The van der Waals surface area contributed by atoms with E-state index in [0.29, 0.717) is 48.4 Å². The van der Waals surface area contributed by atoms with Crippen molar-refractivity contribution in [1.82, 2.24) is 14.6 Å². The molecule has 3 aromatic carbocycles. The molecule has 3 heterocycles. The maximum atomic E-state index is 14.0. The number of amides is 2. The third kappa shape index (κ3) is 14.4. The lowest BCUT2D eigenvalue weighted by molar-refractivity contribution is -0.384. The summed E-state index contributed by atoms with van der Waals surface area (Å²) < 4.78 is 87.6. The molecule has 4 aromatic rings. The molecular weight excluding hydrogens is 967 g/mol. The number of ether oxygens (including phenoxy) is 3. The summed E-state index contributed by atoms with van der Waals surface area (Å²) in [5.41, 5.74) is 2.86. The number of nitrogens with one attached hydrogen (secondary N) is 2. The molecule has 2 fully saturated rings. The van der Waals surface area contributed by atoms with E-state index < -0.39 is 61.7 Å². The molecule has 2 saturated heterocycles. The van der Waals surface area contributed by atoms with Gasteiger partial charge in [0.2, 0.25) is 0 Å². The number of rotatable bonds is 15. The fourth-order valence-corrected chi connectivity index (χ4v) is 9.85. The van der Waals surface area contributed by atoms with Crippen LogP contribution in [-0.2, 0) is 19.5 Å². The normalized spacial score (nSPS) is 17.9. The second-order valence-electron chi connectivity index (χ2n) is 19.7. The van der Waals surface area contributed by atoms with Crippen molar-refractivity contribution in [3.8, 4) is 11.5 Å². The Morgan fingerprint density at radius 3 is 2.37 bits per heavy atom. The van der Waals surface area contributed by atoms with Crippen LogP contribution in [0, 0.1) is 15.5 Å². The van der Waals surface area contributed by atoms with Crippen LogP contribution in [0.15, 0.2) is 89.5 Å². The van der Waals surface area contributed by atoms with Crippen molar-refractivity contribution in [3.63, 3.8) is 0 Å². The van der Waals surface area contributed by atoms with Gasteiger partial charge in [0.05, 0.1) is 27.7 Å². The summed E-state index contributed by atoms with van der Waals surface area (Å²) in [6, 6.07) is 18.2. The number of pyridine rings is 1. The topological polar surface area (TPSA) is 186 Å². The number of benzene rings is 3. The number of hydrogen-bond acceptors (Lipinski definition) is 13. The molecule has 2 aliphatic heterocycles. The first-order valence-electron chi connectivity index (χ1n) is 23.4. The van der Waals surface area contributed by atoms with Crippen molar-refractivity contribution in [2.24, 2.45) is 5.41 Å². The fourth-order valence-electron chi connectivity index (χ4n) is 8.74. The van der Waals surface area contributed by atoms with Gasteiger partial charge in [0.1, 0.15) is 35.2 Å². The smallest absolute Gasteiger partial charge is 0.416 e. The maximum Gasteiger partial charge on any atom is 0.416 e. The van der Waals surface area contributed by atoms with E-state index >= 15 is 0 Å². The summed E-state index contributed by atoms with van der Waals surface area (Å²) >= 11 is 6.23. The van der Waals surface area contributed by atoms with Crippen LogP contribution in [0.4, 0.5) is 40.8 Å². The Balaban J connectivity index is 1.13. The Hall–Kier alpha value is -5.96. The average molecular weight is 1030 g/mol. The summed E-state index contributed by atoms with van der Waals surface area (Å²) in [6.07, 6.45) is 0.427. The summed E-state index contributed by atoms with van der Waals surface area (Å²) in [6.45, 7) is 11.6. The number of carbonyl (C=O) groups is 2. The van der Waals surface area contributed by atoms with E-state index in [2.05, 4.69) is 46.1 Å². The van der Waals surface area contributed by atoms with E-state index in [1.54, 1.807) is 12.1 Å². The second kappa shape index (κ2) is 21.8. The zero-order valence-electron chi connectivity index (χ0n) is 40.3. The van der Waals surface area contributed by atoms with E-state index in [-0.39, 0.29) is 40.8 Å². The van der Waals surface area contributed by atoms with Gasteiger partial charge < -0.3 is 24.4 Å². The largest absolute Gasteiger partial charge is 0.455 e. The van der Waals surface area contributed by atoms with Crippen molar-refractivity contribution in [2.75, 3.05) is 67.5 Å². The Labute approximate surface area is 416 Å². The minimum absolute atomic E-state index is 0.0680. The highest BCUT2D eigenvalue weighted by Gasteiger charge is 2.37. The molecule has 1 atom stereocenters. The molecule has 1 unspecified atom stereocenters. The number of aromatic nitrogens is 1. The minimum Gasteiger partial charge on any atom is -0.455 e. The van der Waals surface area contributed by atoms with E-state index in [1.165, 1.54) is 55.7 Å². The lowest BCUT2D eigenvalue weighted by Gasteiger charge is -2.39. The van der Waals surface area contributed by atoms with E-state index in [1.807, 2.05) is 16.9 Å². The second-order valence-corrected chi connectivity index (χ2v) is 21.9. The Kier molecular flexibility index (Phi) is 16.2. The van der Waals surface area contributed by atoms with E-state index in [0.717, 1.165) is 69.5 Å². The first-order valence-corrected chi connectivity index (χ1v) is 25.3. The molecule has 0 radical (unpaired) electrons. The molecule has 7 rings (SSSR count). The number of hydrogen-bond donors (Lipinski definition) is 2. The molecule has 71 heavy (non-hydrogen) atoms. The van der Waals surface area contributed by atoms with Crippen LogP contribution in [0.1, 0.15) is 89.1 Å². The highest BCUT2D eigenvalue weighted by atomic mass is 35.5. The molecule has 16 nitrogen and oxygen atoms in total. The first kappa shape index (κ1) is 52.9. The predicted molar refractivity (Wildman–Crippen MR) is 265 cm³/mol. The number of nitro benzene ring substituents is 1. The fraction of sp³-hybridized carbons (Fsp3) is 0.460. The zero-order chi connectivity index (χ0) is 51.3. The molecule has 3 aliphatic rings. The van der Waals surface area contributed by atoms with E-state index in [9.17, 15) is 41.3 Å². The molecule has 1 aromatic heterocycles. The number of piperazine rings is 1. The van der Waals surface area contributed by atoms with Gasteiger partial charge in [-0.25, -0.2) is 22.9 Å². The van der Waals surface area contributed by atoms with Gasteiger partial charge in [0.15, 0.2) is 0 Å². The van der Waals surface area contributed by atoms with Crippen LogP contribution >= 0.6 is 11.6 Å². The van der Waals surface area contributed by atoms with Gasteiger partial charge in [-0.05, 0) is 124 Å². The molecule has 2 N–H and O–H groups in total. The van der Waals surface area contributed by atoms with Gasteiger partial charge in [0.25, 0.3) is 21.6 Å². The predicted octanol–water partition coefficient (Wildman–Crippen LogP) is 10.6. The molecule has 0 bridgehead atoms. The van der Waals surface area contributed by atoms with Crippen molar-refractivity contribution >= 4 is 62.1 Å². The van der Waals surface area contributed by atoms with Crippen LogP contribution in [0.25, 0.3) is 5.57 Å². The lowest BCUT2D eigenvalue weighted by atomic mass is 9.72. The van der Waals surface area contributed by atoms with Crippen LogP contribution in [0.2, 0.25) is 5.02 Å². The Bertz CT molecular complexity index is 2720. The first-order chi connectivity index (χ1) is 33.4. The van der Waals surface area contributed by atoms with Crippen molar-refractivity contribution < 1.29 is 50.3 Å². The van der Waals surface area contributed by atoms with Crippen LogP contribution < -0.4 is 24.6 Å². The van der Waals surface area contributed by atoms with Crippen LogP contribution in [0.3, 0.4) is 0 Å². The molecule has 2 amide bonds. The van der Waals surface area contributed by atoms with Crippen LogP contribution in [-0.4, -0.2) is 106 Å². The van der Waals surface area contributed by atoms with Crippen molar-refractivity contribution in [3.05, 3.63) is 111 Å². The van der Waals surface area contributed by atoms with Crippen LogP contribution in [0.5, 0.6) is 11.5 Å². The summed E-state index contributed by atoms with van der Waals surface area (Å²) in [5, 5.41) is 15.8. The third-order valence-corrected chi connectivity index (χ3v) is 14.0. The number of carbonyl (C=O) groups excluding carboxylic acids is 2. The maximum absolute atomic E-state index is 14.0. The summed E-state index contributed by atoms with van der Waals surface area (Å²) in [4.78, 5) is 46.7. The molecule has 1 aliphatic carbocycles. The van der Waals surface area contributed by atoms with Gasteiger partial charge in [-0.2, -0.15) is 13.2 Å².